The molecule has 5 nitrogen and oxygen atoms in total. The van der Waals surface area contributed by atoms with Crippen LogP contribution >= 0.6 is 0 Å². The lowest BCUT2D eigenvalue weighted by Crippen LogP contribution is -2.36. The third-order valence-corrected chi connectivity index (χ3v) is 3.43. The zero-order chi connectivity index (χ0) is 15.7. The van der Waals surface area contributed by atoms with E-state index in [1.807, 2.05) is 31.2 Å². The normalized spacial score (nSPS) is 13.7. The van der Waals surface area contributed by atoms with E-state index in [0.29, 0.717) is 19.4 Å². The predicted molar refractivity (Wildman–Crippen MR) is 80.9 cm³/mol. The van der Waals surface area contributed by atoms with Gasteiger partial charge in [0.2, 0.25) is 0 Å². The van der Waals surface area contributed by atoms with Crippen molar-refractivity contribution in [1.29, 1.82) is 0 Å². The molecule has 21 heavy (non-hydrogen) atoms. The number of esters is 1. The second-order valence-electron chi connectivity index (χ2n) is 5.11. The van der Waals surface area contributed by atoms with Gasteiger partial charge in [0.15, 0.2) is 0 Å². The van der Waals surface area contributed by atoms with Crippen LogP contribution in [0.1, 0.15) is 36.5 Å². The number of aryl methyl sites for hydroxylation is 1. The number of rotatable bonds is 9. The van der Waals surface area contributed by atoms with Crippen molar-refractivity contribution < 1.29 is 19.7 Å². The second kappa shape index (κ2) is 9.50. The van der Waals surface area contributed by atoms with Crippen LogP contribution < -0.4 is 5.32 Å². The Hall–Kier alpha value is -1.43. The number of benzene rings is 1. The minimum Gasteiger partial charge on any atom is -0.469 e. The van der Waals surface area contributed by atoms with Gasteiger partial charge in [-0.1, -0.05) is 29.8 Å². The Bertz CT molecular complexity index is 419. The summed E-state index contributed by atoms with van der Waals surface area (Å²) in [6, 6.07) is 7.42. The van der Waals surface area contributed by atoms with Crippen LogP contribution in [0, 0.1) is 6.92 Å². The minimum atomic E-state index is -0.700. The summed E-state index contributed by atoms with van der Waals surface area (Å²) in [4.78, 5) is 11.3. The molecule has 0 aliphatic heterocycles. The van der Waals surface area contributed by atoms with Crippen molar-refractivity contribution >= 4 is 5.97 Å². The van der Waals surface area contributed by atoms with Crippen LogP contribution in [0.25, 0.3) is 0 Å². The molecular formula is C16H25NO4. The molecule has 0 heterocycles. The molecule has 0 aliphatic carbocycles. The van der Waals surface area contributed by atoms with Gasteiger partial charge in [-0.25, -0.2) is 0 Å². The number of aliphatic hydroxyl groups excluding tert-OH is 2. The lowest BCUT2D eigenvalue weighted by atomic mass is 9.97. The van der Waals surface area contributed by atoms with Gasteiger partial charge in [-0.2, -0.15) is 0 Å². The number of nitrogens with one attached hydrogen (secondary N) is 1. The number of ether oxygens (including phenoxy) is 1. The van der Waals surface area contributed by atoms with Crippen LogP contribution in [0.3, 0.4) is 0 Å². The summed E-state index contributed by atoms with van der Waals surface area (Å²) in [5.41, 5.74) is 1.94. The zero-order valence-electron chi connectivity index (χ0n) is 12.7. The smallest absolute Gasteiger partial charge is 0.305 e. The van der Waals surface area contributed by atoms with E-state index < -0.39 is 6.10 Å². The number of aliphatic hydroxyl groups is 2. The molecule has 2 unspecified atom stereocenters. The van der Waals surface area contributed by atoms with E-state index in [1.165, 1.54) is 7.11 Å². The van der Waals surface area contributed by atoms with E-state index in [4.69, 9.17) is 5.11 Å². The molecule has 0 saturated heterocycles. The Morgan fingerprint density at radius 3 is 2.57 bits per heavy atom. The highest BCUT2D eigenvalue weighted by Crippen LogP contribution is 2.20. The monoisotopic (exact) mass is 295 g/mol. The molecule has 3 N–H and O–H groups in total. The second-order valence-corrected chi connectivity index (χ2v) is 5.11. The van der Waals surface area contributed by atoms with E-state index in [-0.39, 0.29) is 25.0 Å². The minimum absolute atomic E-state index is 0.0946. The lowest BCUT2D eigenvalue weighted by Gasteiger charge is -2.24. The standard InChI is InChI=1S/C16H25NO4/c1-12-4-6-13(7-5-12)16(20)14(17-10-3-11-18)8-9-15(19)21-2/h4-7,14,16-18,20H,3,8-11H2,1-2H3. The van der Waals surface area contributed by atoms with E-state index in [9.17, 15) is 9.90 Å². The van der Waals surface area contributed by atoms with Crippen LogP contribution in [0.2, 0.25) is 0 Å². The van der Waals surface area contributed by atoms with Crippen molar-refractivity contribution in [2.45, 2.75) is 38.3 Å². The van der Waals surface area contributed by atoms with Crippen molar-refractivity contribution in [2.75, 3.05) is 20.3 Å². The number of hydrogen-bond acceptors (Lipinski definition) is 5. The van der Waals surface area contributed by atoms with Crippen LogP contribution in [0.4, 0.5) is 0 Å². The summed E-state index contributed by atoms with van der Waals surface area (Å²) in [5, 5.41) is 22.5. The van der Waals surface area contributed by atoms with Gasteiger partial charge in [0.05, 0.1) is 13.2 Å². The summed E-state index contributed by atoms with van der Waals surface area (Å²) < 4.78 is 4.64. The fraction of sp³-hybridized carbons (Fsp3) is 0.562. The van der Waals surface area contributed by atoms with Crippen molar-refractivity contribution in [3.63, 3.8) is 0 Å². The van der Waals surface area contributed by atoms with Crippen LogP contribution in [-0.2, 0) is 9.53 Å². The molecule has 1 aromatic carbocycles. The predicted octanol–water partition coefficient (Wildman–Crippen LogP) is 1.32. The molecule has 5 heteroatoms. The molecule has 0 fully saturated rings. The first kappa shape index (κ1) is 17.6. The number of methoxy groups -OCH3 is 1. The molecule has 0 amide bonds. The first-order chi connectivity index (χ1) is 10.1. The molecule has 0 spiro atoms. The highest BCUT2D eigenvalue weighted by atomic mass is 16.5. The third kappa shape index (κ3) is 6.25. The highest BCUT2D eigenvalue weighted by Gasteiger charge is 2.21. The summed E-state index contributed by atoms with van der Waals surface area (Å²) >= 11 is 0. The quantitative estimate of drug-likeness (QED) is 0.473. The van der Waals surface area contributed by atoms with Crippen molar-refractivity contribution in [3.8, 4) is 0 Å². The molecule has 0 radical (unpaired) electrons. The van der Waals surface area contributed by atoms with Crippen molar-refractivity contribution in [1.82, 2.24) is 5.32 Å². The molecule has 0 aliphatic rings. The van der Waals surface area contributed by atoms with Crippen LogP contribution in [0.15, 0.2) is 24.3 Å². The molecule has 0 aromatic heterocycles. The number of carbonyl (C=O) groups is 1. The van der Waals surface area contributed by atoms with E-state index in [2.05, 4.69) is 10.1 Å². The number of carbonyl (C=O) groups excluding carboxylic acids is 1. The van der Waals surface area contributed by atoms with E-state index in [1.54, 1.807) is 0 Å². The summed E-state index contributed by atoms with van der Waals surface area (Å²) in [5.74, 6) is -0.292. The van der Waals surface area contributed by atoms with Gasteiger partial charge in [0, 0.05) is 19.1 Å². The summed E-state index contributed by atoms with van der Waals surface area (Å²) in [7, 11) is 1.35. The Morgan fingerprint density at radius 1 is 1.33 bits per heavy atom. The first-order valence-corrected chi connectivity index (χ1v) is 7.24. The molecular weight excluding hydrogens is 270 g/mol. The van der Waals surface area contributed by atoms with Gasteiger partial charge in [0.25, 0.3) is 0 Å². The van der Waals surface area contributed by atoms with Crippen LogP contribution in [-0.4, -0.2) is 42.5 Å². The maximum Gasteiger partial charge on any atom is 0.305 e. The Kier molecular flexibility index (Phi) is 7.97. The maximum absolute atomic E-state index is 11.3. The SMILES string of the molecule is COC(=O)CCC(NCCCO)C(O)c1ccc(C)cc1. The Balaban J connectivity index is 2.68. The highest BCUT2D eigenvalue weighted by molar-refractivity contribution is 5.69. The molecule has 0 bridgehead atoms. The van der Waals surface area contributed by atoms with E-state index in [0.717, 1.165) is 11.1 Å². The zero-order valence-corrected chi connectivity index (χ0v) is 12.7. The molecule has 2 atom stereocenters. The van der Waals surface area contributed by atoms with Gasteiger partial charge in [-0.15, -0.1) is 0 Å². The summed E-state index contributed by atoms with van der Waals surface area (Å²) in [6.07, 6.45) is 0.632. The summed E-state index contributed by atoms with van der Waals surface area (Å²) in [6.45, 7) is 2.67. The van der Waals surface area contributed by atoms with Crippen LogP contribution in [0.5, 0.6) is 0 Å². The van der Waals surface area contributed by atoms with E-state index >= 15 is 0 Å². The average molecular weight is 295 g/mol. The average Bonchev–Trinajstić information content (AvgIpc) is 2.50. The van der Waals surface area contributed by atoms with Crippen molar-refractivity contribution in [3.05, 3.63) is 35.4 Å². The van der Waals surface area contributed by atoms with Gasteiger partial charge < -0.3 is 20.3 Å². The molecule has 118 valence electrons. The molecule has 1 rings (SSSR count). The Morgan fingerprint density at radius 2 is 2.00 bits per heavy atom. The van der Waals surface area contributed by atoms with Gasteiger partial charge >= 0.3 is 5.97 Å². The lowest BCUT2D eigenvalue weighted by molar-refractivity contribution is -0.141. The molecule has 0 saturated carbocycles. The van der Waals surface area contributed by atoms with Gasteiger partial charge in [0.1, 0.15) is 0 Å². The topological polar surface area (TPSA) is 78.8 Å². The first-order valence-electron chi connectivity index (χ1n) is 7.24. The molecule has 1 aromatic rings. The maximum atomic E-state index is 11.3. The van der Waals surface area contributed by atoms with Gasteiger partial charge in [-0.3, -0.25) is 4.79 Å². The fourth-order valence-corrected chi connectivity index (χ4v) is 2.11. The number of hydrogen-bond donors (Lipinski definition) is 3. The van der Waals surface area contributed by atoms with Gasteiger partial charge in [-0.05, 0) is 31.9 Å². The largest absolute Gasteiger partial charge is 0.469 e. The van der Waals surface area contributed by atoms with Crippen molar-refractivity contribution in [2.24, 2.45) is 0 Å². The Labute approximate surface area is 125 Å². The fourth-order valence-electron chi connectivity index (χ4n) is 2.11. The third-order valence-electron chi connectivity index (χ3n) is 3.43.